The van der Waals surface area contributed by atoms with Gasteiger partial charge in [-0.25, -0.2) is 0 Å². The molecule has 0 saturated carbocycles. The number of nitrogens with one attached hydrogen (secondary N) is 3. The number of H-pyrrole nitrogens is 1. The van der Waals surface area contributed by atoms with Crippen molar-refractivity contribution < 1.29 is 19.2 Å². The topological polar surface area (TPSA) is 153 Å². The van der Waals surface area contributed by atoms with Crippen molar-refractivity contribution in [2.24, 2.45) is 7.05 Å². The van der Waals surface area contributed by atoms with Gasteiger partial charge in [0.25, 0.3) is 11.5 Å². The summed E-state index contributed by atoms with van der Waals surface area (Å²) in [5, 5.41) is 13.5. The predicted octanol–water partition coefficient (Wildman–Crippen LogP) is 3.62. The minimum Gasteiger partial charge on any atom is -0.374 e. The quantitative estimate of drug-likeness (QED) is 0.244. The van der Waals surface area contributed by atoms with Gasteiger partial charge in [0.05, 0.1) is 23.3 Å². The van der Waals surface area contributed by atoms with Gasteiger partial charge in [0.2, 0.25) is 17.7 Å². The van der Waals surface area contributed by atoms with Crippen molar-refractivity contribution in [3.8, 4) is 11.1 Å². The summed E-state index contributed by atoms with van der Waals surface area (Å²) in [6, 6.07) is 10.9. The normalized spacial score (nSPS) is 19.0. The van der Waals surface area contributed by atoms with Gasteiger partial charge in [-0.2, -0.15) is 5.10 Å². The molecule has 0 bridgehead atoms. The van der Waals surface area contributed by atoms with Crippen LogP contribution >= 0.6 is 23.2 Å². The van der Waals surface area contributed by atoms with Crippen LogP contribution in [0, 0.1) is 0 Å². The van der Waals surface area contributed by atoms with Crippen molar-refractivity contribution in [1.29, 1.82) is 0 Å². The van der Waals surface area contributed by atoms with Crippen LogP contribution in [0.3, 0.4) is 0 Å². The predicted molar refractivity (Wildman–Crippen MR) is 194 cm³/mol. The standard InChI is InChI=1S/C36H38Cl2N8O5/c1-43-19-27(26-18-39-42-33(26)36(43)51)24-16-29(38)25(17-28(24)37)35(50)46-14-12-45(13-15-46)32(48)20-44-10-8-22(9-11-44)21-2-4-23(5-3-21)40-30-6-7-31(47)41-34(30)49/h2-5,16-19,22,30,40H,6-15,20H2,1H3,(H,39,42)(H,41,47,49). The van der Waals surface area contributed by atoms with Crippen LogP contribution in [0.15, 0.2) is 53.6 Å². The Morgan fingerprint density at radius 3 is 2.31 bits per heavy atom. The van der Waals surface area contributed by atoms with E-state index in [9.17, 15) is 24.0 Å². The number of aryl methyl sites for hydroxylation is 1. The summed E-state index contributed by atoms with van der Waals surface area (Å²) in [4.78, 5) is 68.5. The Morgan fingerprint density at radius 2 is 1.61 bits per heavy atom. The molecule has 3 N–H and O–H groups in total. The first kappa shape index (κ1) is 34.7. The number of halogens is 2. The molecule has 4 amide bonds. The number of amides is 4. The number of piperazine rings is 1. The van der Waals surface area contributed by atoms with E-state index in [1.165, 1.54) is 10.1 Å². The van der Waals surface area contributed by atoms with Crippen LogP contribution in [0.2, 0.25) is 10.0 Å². The number of aromatic nitrogens is 3. The van der Waals surface area contributed by atoms with Crippen LogP contribution in [0.25, 0.3) is 22.0 Å². The van der Waals surface area contributed by atoms with Gasteiger partial charge in [0.1, 0.15) is 11.6 Å². The van der Waals surface area contributed by atoms with E-state index in [4.69, 9.17) is 23.2 Å². The number of carbonyl (C=O) groups is 4. The molecular weight excluding hydrogens is 695 g/mol. The molecule has 0 aliphatic carbocycles. The lowest BCUT2D eigenvalue weighted by atomic mass is 9.89. The number of hydrogen-bond acceptors (Lipinski definition) is 8. The van der Waals surface area contributed by atoms with E-state index in [1.54, 1.807) is 36.5 Å². The van der Waals surface area contributed by atoms with Crippen molar-refractivity contribution >= 4 is 63.4 Å². The highest BCUT2D eigenvalue weighted by Crippen LogP contribution is 2.36. The maximum Gasteiger partial charge on any atom is 0.276 e. The first-order valence-corrected chi connectivity index (χ1v) is 17.8. The second-order valence-corrected chi connectivity index (χ2v) is 14.2. The van der Waals surface area contributed by atoms with E-state index in [-0.39, 0.29) is 39.8 Å². The van der Waals surface area contributed by atoms with E-state index >= 15 is 0 Å². The number of aromatic amines is 1. The molecule has 3 aliphatic heterocycles. The molecule has 3 fully saturated rings. The average molecular weight is 734 g/mol. The molecule has 0 spiro atoms. The van der Waals surface area contributed by atoms with E-state index in [1.807, 2.05) is 17.0 Å². The van der Waals surface area contributed by atoms with Gasteiger partial charge in [-0.05, 0) is 68.1 Å². The third-order valence-electron chi connectivity index (χ3n) is 10.2. The molecule has 2 aromatic heterocycles. The lowest BCUT2D eigenvalue weighted by Gasteiger charge is -2.37. The van der Waals surface area contributed by atoms with Crippen molar-refractivity contribution in [1.82, 2.24) is 34.8 Å². The third kappa shape index (κ3) is 7.23. The fourth-order valence-electron chi connectivity index (χ4n) is 7.21. The molecule has 3 aliphatic rings. The molecule has 3 saturated heterocycles. The zero-order chi connectivity index (χ0) is 35.8. The second-order valence-electron chi connectivity index (χ2n) is 13.4. The molecule has 1 unspecified atom stereocenters. The number of fused-ring (bicyclic) bond motifs is 1. The molecule has 13 nitrogen and oxygen atoms in total. The number of nitrogens with zero attached hydrogens (tertiary/aromatic N) is 5. The highest BCUT2D eigenvalue weighted by atomic mass is 35.5. The number of hydrogen-bond donors (Lipinski definition) is 3. The lowest BCUT2D eigenvalue weighted by molar-refractivity contribution is -0.135. The van der Waals surface area contributed by atoms with E-state index in [0.717, 1.165) is 31.6 Å². The van der Waals surface area contributed by atoms with Crippen molar-refractivity contribution in [2.75, 3.05) is 51.1 Å². The Morgan fingerprint density at radius 1 is 0.902 bits per heavy atom. The Labute approximate surface area is 303 Å². The molecule has 5 heterocycles. The van der Waals surface area contributed by atoms with Gasteiger partial charge in [-0.15, -0.1) is 0 Å². The van der Waals surface area contributed by atoms with Crippen molar-refractivity contribution in [3.05, 3.63) is 80.3 Å². The molecule has 0 radical (unpaired) electrons. The average Bonchev–Trinajstić information content (AvgIpc) is 3.63. The minimum atomic E-state index is -0.413. The monoisotopic (exact) mass is 732 g/mol. The molecule has 266 valence electrons. The lowest BCUT2D eigenvalue weighted by Crippen LogP contribution is -2.53. The number of benzene rings is 2. The maximum atomic E-state index is 13.5. The molecular formula is C36H38Cl2N8O5. The van der Waals surface area contributed by atoms with Crippen molar-refractivity contribution in [3.63, 3.8) is 0 Å². The summed E-state index contributed by atoms with van der Waals surface area (Å²) >= 11 is 13.4. The van der Waals surface area contributed by atoms with Gasteiger partial charge in [-0.3, -0.25) is 39.3 Å². The fourth-order valence-corrected chi connectivity index (χ4v) is 7.72. The summed E-state index contributed by atoms with van der Waals surface area (Å²) in [5.41, 5.74) is 3.73. The molecule has 1 atom stereocenters. The van der Waals surface area contributed by atoms with Crippen LogP contribution in [-0.2, 0) is 21.4 Å². The van der Waals surface area contributed by atoms with Crippen LogP contribution < -0.4 is 16.2 Å². The number of anilines is 1. The molecule has 51 heavy (non-hydrogen) atoms. The fraction of sp³-hybridized carbons (Fsp3) is 0.389. The number of pyridine rings is 1. The smallest absolute Gasteiger partial charge is 0.276 e. The Bertz CT molecular complexity index is 2060. The summed E-state index contributed by atoms with van der Waals surface area (Å²) < 4.78 is 1.44. The van der Waals surface area contributed by atoms with Gasteiger partial charge in [0, 0.05) is 73.1 Å². The number of carbonyl (C=O) groups excluding carboxylic acids is 4. The van der Waals surface area contributed by atoms with Crippen LogP contribution in [0.4, 0.5) is 5.69 Å². The van der Waals surface area contributed by atoms with E-state index in [0.29, 0.717) is 78.5 Å². The number of likely N-dealkylation sites (tertiary alicyclic amines) is 1. The molecule has 4 aromatic rings. The SMILES string of the molecule is Cn1cc(-c2cc(Cl)c(C(=O)N3CCN(C(=O)CN4CCC(c5ccc(NC6CCC(=O)NC6=O)cc5)CC4)CC3)cc2Cl)c2cn[nH]c2c1=O. The zero-order valence-electron chi connectivity index (χ0n) is 28.1. The Hall–Kier alpha value is -4.72. The first-order valence-electron chi connectivity index (χ1n) is 17.1. The zero-order valence-corrected chi connectivity index (χ0v) is 29.6. The molecule has 15 heteroatoms. The van der Waals surface area contributed by atoms with Crippen molar-refractivity contribution in [2.45, 2.75) is 37.6 Å². The van der Waals surface area contributed by atoms with Gasteiger partial charge < -0.3 is 19.7 Å². The highest BCUT2D eigenvalue weighted by Gasteiger charge is 2.30. The maximum absolute atomic E-state index is 13.5. The van der Waals surface area contributed by atoms with Gasteiger partial charge in [-0.1, -0.05) is 35.3 Å². The Balaban J connectivity index is 0.892. The van der Waals surface area contributed by atoms with Gasteiger partial charge in [0.15, 0.2) is 0 Å². The molecule has 7 rings (SSSR count). The summed E-state index contributed by atoms with van der Waals surface area (Å²) in [6.07, 6.45) is 5.92. The largest absolute Gasteiger partial charge is 0.374 e. The highest BCUT2D eigenvalue weighted by molar-refractivity contribution is 6.38. The number of piperidine rings is 2. The van der Waals surface area contributed by atoms with E-state index < -0.39 is 6.04 Å². The summed E-state index contributed by atoms with van der Waals surface area (Å²) in [7, 11) is 1.64. The van der Waals surface area contributed by atoms with E-state index in [2.05, 4.69) is 37.9 Å². The van der Waals surface area contributed by atoms with Gasteiger partial charge >= 0.3 is 0 Å². The van der Waals surface area contributed by atoms with Crippen LogP contribution in [-0.4, -0.2) is 105 Å². The second kappa shape index (κ2) is 14.5. The molecule has 2 aromatic carbocycles. The number of imide groups is 1. The van der Waals surface area contributed by atoms with Crippen LogP contribution in [0.1, 0.15) is 47.5 Å². The minimum absolute atomic E-state index is 0.0534. The number of rotatable bonds is 7. The summed E-state index contributed by atoms with van der Waals surface area (Å²) in [5.74, 6) is -0.334. The van der Waals surface area contributed by atoms with Crippen LogP contribution in [0.5, 0.6) is 0 Å². The third-order valence-corrected chi connectivity index (χ3v) is 10.8. The Kier molecular flexibility index (Phi) is 9.86. The summed E-state index contributed by atoms with van der Waals surface area (Å²) in [6.45, 7) is 3.59. The first-order chi connectivity index (χ1) is 24.5.